The number of hydrogen-bond acceptors (Lipinski definition) is 4. The maximum absolute atomic E-state index is 11.3. The number of nitrogens with zero attached hydrogens (tertiary/aromatic N) is 1. The minimum Gasteiger partial charge on any atom is -0.488 e. The van der Waals surface area contributed by atoms with Gasteiger partial charge in [-0.25, -0.2) is 0 Å². The van der Waals surface area contributed by atoms with Crippen LogP contribution in [0.2, 0.25) is 0 Å². The largest absolute Gasteiger partial charge is 0.488 e. The highest BCUT2D eigenvalue weighted by Gasteiger charge is 2.17. The van der Waals surface area contributed by atoms with Crippen LogP contribution in [0, 0.1) is 10.1 Å². The van der Waals surface area contributed by atoms with Crippen LogP contribution < -0.4 is 4.74 Å². The van der Waals surface area contributed by atoms with E-state index in [1.54, 1.807) is 24.3 Å². The van der Waals surface area contributed by atoms with Crippen molar-refractivity contribution in [1.82, 2.24) is 0 Å². The first kappa shape index (κ1) is 15.4. The summed E-state index contributed by atoms with van der Waals surface area (Å²) in [5.41, 5.74) is 1.03. The van der Waals surface area contributed by atoms with Crippen molar-refractivity contribution in [3.05, 3.63) is 81.5 Å². The molecule has 0 atom stereocenters. The van der Waals surface area contributed by atoms with Crippen molar-refractivity contribution in [3.63, 3.8) is 0 Å². The lowest BCUT2D eigenvalue weighted by molar-refractivity contribution is -0.417. The molecule has 0 bridgehead atoms. The molecule has 0 saturated heterocycles. The van der Waals surface area contributed by atoms with Gasteiger partial charge in [0.15, 0.2) is 0 Å². The molecule has 2 rings (SSSR count). The number of rotatable bonds is 6. The number of carbonyl (C=O) groups is 1. The Balaban J connectivity index is 2.25. The van der Waals surface area contributed by atoms with Gasteiger partial charge in [-0.1, -0.05) is 48.5 Å². The van der Waals surface area contributed by atoms with Crippen LogP contribution in [0.5, 0.6) is 5.75 Å². The van der Waals surface area contributed by atoms with Gasteiger partial charge in [-0.05, 0) is 11.6 Å². The third-order valence-corrected chi connectivity index (χ3v) is 3.01. The zero-order valence-electron chi connectivity index (χ0n) is 12.1. The van der Waals surface area contributed by atoms with Crippen LogP contribution in [-0.4, -0.2) is 10.7 Å². The Morgan fingerprint density at radius 1 is 1.14 bits per heavy atom. The summed E-state index contributed by atoms with van der Waals surface area (Å²) in [6.07, 6.45) is 1.24. The average Bonchev–Trinajstić information content (AvgIpc) is 2.52. The molecule has 0 amide bonds. The molecule has 0 unspecified atom stereocenters. The fourth-order valence-corrected chi connectivity index (χ4v) is 1.90. The minimum absolute atomic E-state index is 0.347. The van der Waals surface area contributed by atoms with Gasteiger partial charge >= 0.3 is 5.70 Å². The van der Waals surface area contributed by atoms with Gasteiger partial charge in [0.2, 0.25) is 5.78 Å². The summed E-state index contributed by atoms with van der Waals surface area (Å²) in [6, 6.07) is 16.5. The molecule has 0 saturated carbocycles. The van der Waals surface area contributed by atoms with E-state index in [1.807, 2.05) is 30.3 Å². The van der Waals surface area contributed by atoms with Gasteiger partial charge in [0.1, 0.15) is 12.4 Å². The molecule has 112 valence electrons. The van der Waals surface area contributed by atoms with E-state index in [0.717, 1.165) is 5.56 Å². The first-order chi connectivity index (χ1) is 10.6. The predicted octanol–water partition coefficient (Wildman–Crippen LogP) is 3.47. The Hall–Kier alpha value is -2.95. The SMILES string of the molecule is CC(=O)C(=Cc1ccccc1OCc1ccccc1)[N+](=O)[O-]. The molecule has 0 fully saturated rings. The van der Waals surface area contributed by atoms with Gasteiger partial charge in [-0.3, -0.25) is 14.9 Å². The lowest BCUT2D eigenvalue weighted by Crippen LogP contribution is -2.07. The van der Waals surface area contributed by atoms with Crippen molar-refractivity contribution in [3.8, 4) is 5.75 Å². The van der Waals surface area contributed by atoms with Crippen LogP contribution in [0.25, 0.3) is 6.08 Å². The van der Waals surface area contributed by atoms with Gasteiger partial charge in [0, 0.05) is 18.6 Å². The monoisotopic (exact) mass is 297 g/mol. The van der Waals surface area contributed by atoms with E-state index in [2.05, 4.69) is 0 Å². The van der Waals surface area contributed by atoms with E-state index in [4.69, 9.17) is 4.74 Å². The fourth-order valence-electron chi connectivity index (χ4n) is 1.90. The summed E-state index contributed by atoms with van der Waals surface area (Å²) in [5, 5.41) is 10.9. The molecule has 0 spiro atoms. The van der Waals surface area contributed by atoms with Crippen LogP contribution in [0.15, 0.2) is 60.3 Å². The van der Waals surface area contributed by atoms with Crippen LogP contribution in [-0.2, 0) is 11.4 Å². The number of allylic oxidation sites excluding steroid dienone is 1. The van der Waals surface area contributed by atoms with Gasteiger partial charge < -0.3 is 4.74 Å². The number of hydrogen-bond donors (Lipinski definition) is 0. The van der Waals surface area contributed by atoms with E-state index in [-0.39, 0.29) is 0 Å². The van der Waals surface area contributed by atoms with E-state index < -0.39 is 16.4 Å². The molecule has 2 aromatic rings. The van der Waals surface area contributed by atoms with Crippen molar-refractivity contribution in [2.24, 2.45) is 0 Å². The van der Waals surface area contributed by atoms with Crippen molar-refractivity contribution in [2.45, 2.75) is 13.5 Å². The van der Waals surface area contributed by atoms with E-state index >= 15 is 0 Å². The fraction of sp³-hybridized carbons (Fsp3) is 0.118. The van der Waals surface area contributed by atoms with Crippen LogP contribution in [0.4, 0.5) is 0 Å². The number of Topliss-reactive ketones (excluding diaryl/α,β-unsaturated/α-hetero) is 1. The number of benzene rings is 2. The Morgan fingerprint density at radius 2 is 1.77 bits per heavy atom. The van der Waals surface area contributed by atoms with Gasteiger partial charge in [0.05, 0.1) is 4.92 Å². The number of nitro groups is 1. The highest BCUT2D eigenvalue weighted by atomic mass is 16.6. The molecule has 0 N–H and O–H groups in total. The summed E-state index contributed by atoms with van der Waals surface area (Å²) in [5.74, 6) is -0.102. The molecule has 0 aliphatic rings. The van der Waals surface area contributed by atoms with Gasteiger partial charge in [-0.15, -0.1) is 0 Å². The number of ketones is 1. The van der Waals surface area contributed by atoms with E-state index in [0.29, 0.717) is 17.9 Å². The Morgan fingerprint density at radius 3 is 2.41 bits per heavy atom. The van der Waals surface area contributed by atoms with Crippen molar-refractivity contribution >= 4 is 11.9 Å². The predicted molar refractivity (Wildman–Crippen MR) is 82.9 cm³/mol. The highest BCUT2D eigenvalue weighted by Crippen LogP contribution is 2.22. The topological polar surface area (TPSA) is 69.4 Å². The summed E-state index contributed by atoms with van der Waals surface area (Å²) >= 11 is 0. The van der Waals surface area contributed by atoms with Crippen molar-refractivity contribution in [1.29, 1.82) is 0 Å². The second-order valence-electron chi connectivity index (χ2n) is 4.65. The van der Waals surface area contributed by atoms with Crippen LogP contribution in [0.1, 0.15) is 18.1 Å². The maximum atomic E-state index is 11.3. The zero-order chi connectivity index (χ0) is 15.9. The quantitative estimate of drug-likeness (QED) is 0.465. The lowest BCUT2D eigenvalue weighted by Gasteiger charge is -2.09. The summed E-state index contributed by atoms with van der Waals surface area (Å²) in [7, 11) is 0. The zero-order valence-corrected chi connectivity index (χ0v) is 12.1. The lowest BCUT2D eigenvalue weighted by atomic mass is 10.1. The summed E-state index contributed by atoms with van der Waals surface area (Å²) < 4.78 is 5.71. The minimum atomic E-state index is -0.684. The first-order valence-electron chi connectivity index (χ1n) is 6.70. The van der Waals surface area contributed by atoms with Crippen molar-refractivity contribution in [2.75, 3.05) is 0 Å². The van der Waals surface area contributed by atoms with Crippen LogP contribution in [0.3, 0.4) is 0 Å². The second kappa shape index (κ2) is 7.17. The number of ether oxygens (including phenoxy) is 1. The Bertz CT molecular complexity index is 692. The summed E-state index contributed by atoms with van der Waals surface area (Å²) in [6.45, 7) is 1.52. The van der Waals surface area contributed by atoms with Gasteiger partial charge in [0.25, 0.3) is 0 Å². The molecule has 0 radical (unpaired) electrons. The molecule has 0 aromatic heterocycles. The standard InChI is InChI=1S/C17H15NO4/c1-13(19)16(18(20)21)11-15-9-5-6-10-17(15)22-12-14-7-3-2-4-8-14/h2-11H,12H2,1H3. The first-order valence-corrected chi connectivity index (χ1v) is 6.70. The molecular formula is C17H15NO4. The third kappa shape index (κ3) is 4.02. The highest BCUT2D eigenvalue weighted by molar-refractivity contribution is 5.95. The number of carbonyl (C=O) groups excluding carboxylic acids is 1. The third-order valence-electron chi connectivity index (χ3n) is 3.01. The smallest absolute Gasteiger partial charge is 0.312 e. The Kier molecular flexibility index (Phi) is 5.03. The molecule has 0 aliphatic carbocycles. The van der Waals surface area contributed by atoms with E-state index in [9.17, 15) is 14.9 Å². The molecule has 5 heteroatoms. The molecular weight excluding hydrogens is 282 g/mol. The molecule has 5 nitrogen and oxygen atoms in total. The van der Waals surface area contributed by atoms with Gasteiger partial charge in [-0.2, -0.15) is 0 Å². The molecule has 0 aliphatic heterocycles. The normalized spacial score (nSPS) is 11.0. The van der Waals surface area contributed by atoms with Crippen LogP contribution >= 0.6 is 0 Å². The average molecular weight is 297 g/mol. The molecule has 2 aromatic carbocycles. The number of para-hydroxylation sites is 1. The maximum Gasteiger partial charge on any atom is 0.312 e. The Labute approximate surface area is 128 Å². The summed E-state index contributed by atoms with van der Waals surface area (Å²) in [4.78, 5) is 21.6. The van der Waals surface area contributed by atoms with Crippen molar-refractivity contribution < 1.29 is 14.5 Å². The second-order valence-corrected chi connectivity index (χ2v) is 4.65. The molecule has 0 heterocycles. The molecule has 22 heavy (non-hydrogen) atoms. The van der Waals surface area contributed by atoms with E-state index in [1.165, 1.54) is 13.0 Å².